The number of aromatic nitrogens is 5. The number of aryl methyl sites for hydroxylation is 2. The third-order valence-electron chi connectivity index (χ3n) is 4.46. The molecule has 0 bridgehead atoms. The molecule has 1 aliphatic carbocycles. The van der Waals surface area contributed by atoms with Crippen LogP contribution in [0.2, 0.25) is 0 Å². The monoisotopic (exact) mass is 320 g/mol. The Morgan fingerprint density at radius 2 is 2.00 bits per heavy atom. The van der Waals surface area contributed by atoms with Gasteiger partial charge in [-0.15, -0.1) is 0 Å². The molecule has 0 aliphatic heterocycles. The van der Waals surface area contributed by atoms with Crippen molar-refractivity contribution < 1.29 is 0 Å². The average Bonchev–Trinajstić information content (AvgIpc) is 3.24. The molecule has 122 valence electrons. The molecule has 1 N–H and O–H groups in total. The Kier molecular flexibility index (Phi) is 3.94. The molecule has 0 saturated heterocycles. The van der Waals surface area contributed by atoms with Gasteiger partial charge in [-0.3, -0.25) is 4.98 Å². The highest BCUT2D eigenvalue weighted by Gasteiger charge is 2.19. The Morgan fingerprint density at radius 3 is 2.79 bits per heavy atom. The van der Waals surface area contributed by atoms with Crippen LogP contribution < -0.4 is 5.32 Å². The quantitative estimate of drug-likeness (QED) is 0.782. The molecule has 3 heterocycles. The average molecular weight is 320 g/mol. The normalized spacial score (nSPS) is 13.0. The fourth-order valence-corrected chi connectivity index (χ4v) is 3.14. The summed E-state index contributed by atoms with van der Waals surface area (Å²) in [6.07, 6.45) is 11.5. The molecular formula is C18H20N6. The molecule has 3 aromatic heterocycles. The molecule has 0 unspecified atom stereocenters. The van der Waals surface area contributed by atoms with Gasteiger partial charge in [0, 0.05) is 61.1 Å². The van der Waals surface area contributed by atoms with Crippen molar-refractivity contribution in [3.05, 3.63) is 54.0 Å². The first-order valence-corrected chi connectivity index (χ1v) is 8.30. The van der Waals surface area contributed by atoms with Crippen LogP contribution in [-0.2, 0) is 26.3 Å². The second-order valence-electron chi connectivity index (χ2n) is 6.08. The second-order valence-corrected chi connectivity index (χ2v) is 6.08. The number of anilines is 1. The number of hydrogen-bond acceptors (Lipinski definition) is 5. The second kappa shape index (κ2) is 6.39. The van der Waals surface area contributed by atoms with E-state index >= 15 is 0 Å². The van der Waals surface area contributed by atoms with Crippen LogP contribution in [0.4, 0.5) is 5.82 Å². The summed E-state index contributed by atoms with van der Waals surface area (Å²) in [7, 11) is 2.02. The van der Waals surface area contributed by atoms with E-state index in [9.17, 15) is 0 Å². The summed E-state index contributed by atoms with van der Waals surface area (Å²) in [6.45, 7) is 0.832. The smallest absolute Gasteiger partial charge is 0.161 e. The molecule has 0 aromatic carbocycles. The lowest BCUT2D eigenvalue weighted by atomic mass is 10.2. The van der Waals surface area contributed by atoms with Gasteiger partial charge in [-0.2, -0.15) is 0 Å². The Bertz CT molecular complexity index is 840. The number of pyridine rings is 1. The zero-order chi connectivity index (χ0) is 16.4. The topological polar surface area (TPSA) is 68.5 Å². The van der Waals surface area contributed by atoms with Crippen LogP contribution in [0.3, 0.4) is 0 Å². The Hall–Kier alpha value is -2.76. The molecule has 0 saturated carbocycles. The number of hydrogen-bond donors (Lipinski definition) is 1. The third-order valence-corrected chi connectivity index (χ3v) is 4.46. The predicted molar refractivity (Wildman–Crippen MR) is 92.7 cm³/mol. The highest BCUT2D eigenvalue weighted by atomic mass is 15.1. The molecule has 1 aliphatic rings. The van der Waals surface area contributed by atoms with Gasteiger partial charge in [0.2, 0.25) is 0 Å². The maximum atomic E-state index is 4.78. The van der Waals surface area contributed by atoms with Crippen molar-refractivity contribution in [3.63, 3.8) is 0 Å². The van der Waals surface area contributed by atoms with Crippen LogP contribution in [0, 0.1) is 0 Å². The van der Waals surface area contributed by atoms with E-state index in [1.807, 2.05) is 31.7 Å². The lowest BCUT2D eigenvalue weighted by Gasteiger charge is -2.12. The highest BCUT2D eigenvalue weighted by molar-refractivity contribution is 5.60. The number of imidazole rings is 1. The fraction of sp³-hybridized carbons (Fsp3) is 0.333. The van der Waals surface area contributed by atoms with E-state index in [0.29, 0.717) is 0 Å². The van der Waals surface area contributed by atoms with E-state index in [-0.39, 0.29) is 0 Å². The van der Waals surface area contributed by atoms with Gasteiger partial charge in [0.25, 0.3) is 0 Å². The van der Waals surface area contributed by atoms with Gasteiger partial charge >= 0.3 is 0 Å². The standard InChI is InChI=1S/C18H20N6/c1-24-12-20-11-14(24)7-10-21-18-15-3-2-4-16(15)22-17(23-18)13-5-8-19-9-6-13/h5-6,8-9,11-12H,2-4,7,10H2,1H3,(H,21,22,23). The van der Waals surface area contributed by atoms with Crippen molar-refractivity contribution >= 4 is 5.82 Å². The van der Waals surface area contributed by atoms with Crippen LogP contribution in [-0.4, -0.2) is 31.0 Å². The van der Waals surface area contributed by atoms with Crippen molar-refractivity contribution in [2.75, 3.05) is 11.9 Å². The summed E-state index contributed by atoms with van der Waals surface area (Å²) in [4.78, 5) is 17.8. The zero-order valence-corrected chi connectivity index (χ0v) is 13.7. The summed E-state index contributed by atoms with van der Waals surface area (Å²) in [5.41, 5.74) is 4.68. The maximum Gasteiger partial charge on any atom is 0.161 e. The van der Waals surface area contributed by atoms with Crippen LogP contribution in [0.5, 0.6) is 0 Å². The number of nitrogens with one attached hydrogen (secondary N) is 1. The van der Waals surface area contributed by atoms with Gasteiger partial charge in [0.15, 0.2) is 5.82 Å². The van der Waals surface area contributed by atoms with Gasteiger partial charge in [-0.25, -0.2) is 15.0 Å². The largest absolute Gasteiger partial charge is 0.369 e. The molecule has 0 atom stereocenters. The fourth-order valence-electron chi connectivity index (χ4n) is 3.14. The minimum atomic E-state index is 0.779. The maximum absolute atomic E-state index is 4.78. The molecule has 0 radical (unpaired) electrons. The van der Waals surface area contributed by atoms with Crippen LogP contribution >= 0.6 is 0 Å². The van der Waals surface area contributed by atoms with Crippen LogP contribution in [0.15, 0.2) is 37.1 Å². The van der Waals surface area contributed by atoms with Crippen molar-refractivity contribution in [2.24, 2.45) is 7.05 Å². The Labute approximate surface area is 141 Å². The predicted octanol–water partition coefficient (Wildman–Crippen LogP) is 2.42. The number of rotatable bonds is 5. The molecule has 24 heavy (non-hydrogen) atoms. The minimum absolute atomic E-state index is 0.779. The molecule has 0 fully saturated rings. The van der Waals surface area contributed by atoms with Gasteiger partial charge in [-0.05, 0) is 31.4 Å². The van der Waals surface area contributed by atoms with Crippen LogP contribution in [0.25, 0.3) is 11.4 Å². The van der Waals surface area contributed by atoms with E-state index in [0.717, 1.165) is 49.4 Å². The van der Waals surface area contributed by atoms with Crippen molar-refractivity contribution in [3.8, 4) is 11.4 Å². The summed E-state index contributed by atoms with van der Waals surface area (Å²) < 4.78 is 2.05. The van der Waals surface area contributed by atoms with Crippen molar-refractivity contribution in [1.29, 1.82) is 0 Å². The van der Waals surface area contributed by atoms with Crippen molar-refractivity contribution in [1.82, 2.24) is 24.5 Å². The summed E-state index contributed by atoms with van der Waals surface area (Å²) in [5.74, 6) is 1.76. The molecule has 4 rings (SSSR count). The highest BCUT2D eigenvalue weighted by Crippen LogP contribution is 2.29. The summed E-state index contributed by atoms with van der Waals surface area (Å²) in [6, 6.07) is 3.91. The molecule has 0 spiro atoms. The first-order valence-electron chi connectivity index (χ1n) is 8.30. The molecule has 3 aromatic rings. The van der Waals surface area contributed by atoms with Gasteiger partial charge in [0.05, 0.1) is 6.33 Å². The lowest BCUT2D eigenvalue weighted by molar-refractivity contribution is 0.814. The zero-order valence-electron chi connectivity index (χ0n) is 13.7. The molecular weight excluding hydrogens is 300 g/mol. The first-order chi connectivity index (χ1) is 11.8. The Morgan fingerprint density at radius 1 is 1.12 bits per heavy atom. The lowest BCUT2D eigenvalue weighted by Crippen LogP contribution is -2.11. The summed E-state index contributed by atoms with van der Waals surface area (Å²) in [5, 5.41) is 3.51. The van der Waals surface area contributed by atoms with E-state index < -0.39 is 0 Å². The molecule has 6 nitrogen and oxygen atoms in total. The van der Waals surface area contributed by atoms with Gasteiger partial charge in [-0.1, -0.05) is 0 Å². The number of fused-ring (bicyclic) bond motifs is 1. The summed E-state index contributed by atoms with van der Waals surface area (Å²) >= 11 is 0. The van der Waals surface area contributed by atoms with Gasteiger partial charge in [0.1, 0.15) is 5.82 Å². The first kappa shape index (κ1) is 14.8. The van der Waals surface area contributed by atoms with Crippen molar-refractivity contribution in [2.45, 2.75) is 25.7 Å². The van der Waals surface area contributed by atoms with Gasteiger partial charge < -0.3 is 9.88 Å². The third kappa shape index (κ3) is 2.87. The van der Waals surface area contributed by atoms with E-state index in [1.54, 1.807) is 12.4 Å². The van der Waals surface area contributed by atoms with E-state index in [2.05, 4.69) is 19.9 Å². The van der Waals surface area contributed by atoms with E-state index in [4.69, 9.17) is 9.97 Å². The minimum Gasteiger partial charge on any atom is -0.369 e. The van der Waals surface area contributed by atoms with Crippen LogP contribution in [0.1, 0.15) is 23.4 Å². The van der Waals surface area contributed by atoms with E-state index in [1.165, 1.54) is 17.0 Å². The Balaban J connectivity index is 1.58. The molecule has 0 amide bonds. The SMILES string of the molecule is Cn1cncc1CCNc1nc(-c2ccncc2)nc2c1CCC2. The number of nitrogens with zero attached hydrogens (tertiary/aromatic N) is 5. The molecule has 6 heteroatoms.